The van der Waals surface area contributed by atoms with Crippen LogP contribution in [-0.2, 0) is 0 Å². The minimum atomic E-state index is -0.319. The summed E-state index contributed by atoms with van der Waals surface area (Å²) in [6, 6.07) is 6.61. The number of ketones is 1. The molecule has 2 rings (SSSR count). The second-order valence-corrected chi connectivity index (χ2v) is 3.86. The van der Waals surface area contributed by atoms with Gasteiger partial charge in [0.25, 0.3) is 5.91 Å². The van der Waals surface area contributed by atoms with Crippen molar-refractivity contribution in [2.75, 3.05) is 13.1 Å². The van der Waals surface area contributed by atoms with Crippen LogP contribution in [0.25, 0.3) is 0 Å². The smallest absolute Gasteiger partial charge is 0.252 e. The zero-order valence-electron chi connectivity index (χ0n) is 10.2. The minimum absolute atomic E-state index is 0.207. The molecule has 0 spiro atoms. The molecule has 6 heteroatoms. The highest BCUT2D eigenvalue weighted by Crippen LogP contribution is 2.12. The van der Waals surface area contributed by atoms with E-state index in [0.717, 1.165) is 0 Å². The molecule has 98 valence electrons. The van der Waals surface area contributed by atoms with E-state index in [9.17, 15) is 9.59 Å². The van der Waals surface area contributed by atoms with Crippen LogP contribution in [0.1, 0.15) is 26.5 Å². The normalized spacial score (nSPS) is 10.2. The number of nitrogens with one attached hydrogen (secondary N) is 2. The van der Waals surface area contributed by atoms with Crippen molar-refractivity contribution in [1.82, 2.24) is 15.3 Å². The Morgan fingerprint density at radius 1 is 1.26 bits per heavy atom. The highest BCUT2D eigenvalue weighted by molar-refractivity contribution is 6.13. The fraction of sp³-hybridized carbons (Fsp3) is 0.154. The summed E-state index contributed by atoms with van der Waals surface area (Å²) in [5.41, 5.74) is 5.96. The first-order valence-corrected chi connectivity index (χ1v) is 5.85. The first-order valence-electron chi connectivity index (χ1n) is 5.85. The summed E-state index contributed by atoms with van der Waals surface area (Å²) < 4.78 is 0. The predicted molar refractivity (Wildman–Crippen MR) is 69.8 cm³/mol. The minimum Gasteiger partial charge on any atom is -0.351 e. The Morgan fingerprint density at radius 3 is 2.63 bits per heavy atom. The molecule has 0 aliphatic heterocycles. The summed E-state index contributed by atoms with van der Waals surface area (Å²) in [4.78, 5) is 30.8. The van der Waals surface area contributed by atoms with Crippen LogP contribution < -0.4 is 11.1 Å². The number of carbonyl (C=O) groups is 2. The Labute approximate surface area is 110 Å². The molecular formula is C13H14N4O2. The zero-order chi connectivity index (χ0) is 13.7. The van der Waals surface area contributed by atoms with Gasteiger partial charge in [-0.25, -0.2) is 4.98 Å². The van der Waals surface area contributed by atoms with Crippen molar-refractivity contribution in [3.8, 4) is 0 Å². The number of benzene rings is 1. The van der Waals surface area contributed by atoms with E-state index in [1.807, 2.05) is 0 Å². The maximum absolute atomic E-state index is 12.2. The van der Waals surface area contributed by atoms with E-state index in [-0.39, 0.29) is 17.5 Å². The standard InChI is InChI=1S/C13H14N4O2/c14-5-6-17-13(19)10-4-2-1-3-9(10)11(18)12-15-7-8-16-12/h1-4,7-8H,5-6,14H2,(H,15,16)(H,17,19). The molecule has 1 amide bonds. The van der Waals surface area contributed by atoms with Gasteiger partial charge in [-0.1, -0.05) is 18.2 Å². The van der Waals surface area contributed by atoms with Crippen LogP contribution in [0.3, 0.4) is 0 Å². The number of nitrogens with two attached hydrogens (primary N) is 1. The summed E-state index contributed by atoms with van der Waals surface area (Å²) in [5, 5.41) is 2.64. The van der Waals surface area contributed by atoms with Gasteiger partial charge in [-0.3, -0.25) is 9.59 Å². The SMILES string of the molecule is NCCNC(=O)c1ccccc1C(=O)c1ncc[nH]1. The Kier molecular flexibility index (Phi) is 4.04. The molecule has 0 saturated carbocycles. The van der Waals surface area contributed by atoms with Crippen molar-refractivity contribution in [3.63, 3.8) is 0 Å². The second kappa shape index (κ2) is 5.92. The quantitative estimate of drug-likeness (QED) is 0.673. The van der Waals surface area contributed by atoms with Gasteiger partial charge < -0.3 is 16.0 Å². The number of hydrogen-bond donors (Lipinski definition) is 3. The molecular weight excluding hydrogens is 244 g/mol. The monoisotopic (exact) mass is 258 g/mol. The molecule has 0 fully saturated rings. The van der Waals surface area contributed by atoms with Gasteiger partial charge in [0.15, 0.2) is 5.82 Å². The van der Waals surface area contributed by atoms with E-state index >= 15 is 0 Å². The molecule has 0 bridgehead atoms. The second-order valence-electron chi connectivity index (χ2n) is 3.86. The summed E-state index contributed by atoms with van der Waals surface area (Å²) in [6.45, 7) is 0.710. The van der Waals surface area contributed by atoms with E-state index in [2.05, 4.69) is 15.3 Å². The molecule has 6 nitrogen and oxygen atoms in total. The van der Waals surface area contributed by atoms with E-state index in [4.69, 9.17) is 5.73 Å². The number of H-pyrrole nitrogens is 1. The summed E-state index contributed by atoms with van der Waals surface area (Å²) >= 11 is 0. The largest absolute Gasteiger partial charge is 0.351 e. The van der Waals surface area contributed by atoms with E-state index in [1.54, 1.807) is 30.5 Å². The average molecular weight is 258 g/mol. The highest BCUT2D eigenvalue weighted by atomic mass is 16.2. The molecule has 1 aromatic carbocycles. The molecule has 0 unspecified atom stereocenters. The number of aromatic nitrogens is 2. The number of aromatic amines is 1. The number of carbonyl (C=O) groups excluding carboxylic acids is 2. The lowest BCUT2D eigenvalue weighted by Gasteiger charge is -2.07. The van der Waals surface area contributed by atoms with Crippen LogP contribution in [0, 0.1) is 0 Å². The lowest BCUT2D eigenvalue weighted by molar-refractivity contribution is 0.0942. The van der Waals surface area contributed by atoms with Crippen LogP contribution in [0.5, 0.6) is 0 Å². The Bertz CT molecular complexity index is 578. The predicted octanol–water partition coefficient (Wildman–Crippen LogP) is 0.329. The van der Waals surface area contributed by atoms with Crippen molar-refractivity contribution >= 4 is 11.7 Å². The van der Waals surface area contributed by atoms with Crippen molar-refractivity contribution in [3.05, 3.63) is 53.6 Å². The average Bonchev–Trinajstić information content (AvgIpc) is 2.98. The van der Waals surface area contributed by atoms with Gasteiger partial charge in [0.05, 0.1) is 5.56 Å². The zero-order valence-corrected chi connectivity index (χ0v) is 10.2. The van der Waals surface area contributed by atoms with Crippen molar-refractivity contribution in [2.45, 2.75) is 0 Å². The molecule has 0 aliphatic rings. The Morgan fingerprint density at radius 2 is 2.00 bits per heavy atom. The van der Waals surface area contributed by atoms with Crippen LogP contribution in [0.15, 0.2) is 36.7 Å². The molecule has 0 saturated heterocycles. The van der Waals surface area contributed by atoms with Gasteiger partial charge in [0.1, 0.15) is 0 Å². The third-order valence-corrected chi connectivity index (χ3v) is 2.56. The fourth-order valence-corrected chi connectivity index (χ4v) is 1.68. The van der Waals surface area contributed by atoms with Crippen LogP contribution >= 0.6 is 0 Å². The van der Waals surface area contributed by atoms with Crippen LogP contribution in [0.4, 0.5) is 0 Å². The summed E-state index contributed by atoms with van der Waals surface area (Å²) in [6.07, 6.45) is 3.05. The molecule has 2 aromatic rings. The van der Waals surface area contributed by atoms with E-state index in [1.165, 1.54) is 6.20 Å². The van der Waals surface area contributed by atoms with Crippen LogP contribution in [-0.4, -0.2) is 34.7 Å². The Balaban J connectivity index is 2.31. The first-order chi connectivity index (χ1) is 9.24. The molecule has 0 atom stereocenters. The fourth-order valence-electron chi connectivity index (χ4n) is 1.68. The number of nitrogens with zero attached hydrogens (tertiary/aromatic N) is 1. The number of imidazole rings is 1. The number of amides is 1. The van der Waals surface area contributed by atoms with Gasteiger partial charge in [0.2, 0.25) is 5.78 Å². The van der Waals surface area contributed by atoms with Gasteiger partial charge in [0, 0.05) is 31.0 Å². The third kappa shape index (κ3) is 2.86. The van der Waals surface area contributed by atoms with Crippen molar-refractivity contribution in [2.24, 2.45) is 5.73 Å². The molecule has 1 aromatic heterocycles. The van der Waals surface area contributed by atoms with Gasteiger partial charge in [-0.05, 0) is 6.07 Å². The molecule has 0 aliphatic carbocycles. The van der Waals surface area contributed by atoms with Crippen LogP contribution in [0.2, 0.25) is 0 Å². The van der Waals surface area contributed by atoms with Gasteiger partial charge in [-0.15, -0.1) is 0 Å². The third-order valence-electron chi connectivity index (χ3n) is 2.56. The topological polar surface area (TPSA) is 101 Å². The Hall–Kier alpha value is -2.47. The highest BCUT2D eigenvalue weighted by Gasteiger charge is 2.18. The van der Waals surface area contributed by atoms with Gasteiger partial charge >= 0.3 is 0 Å². The first kappa shape index (κ1) is 13.0. The molecule has 4 N–H and O–H groups in total. The molecule has 0 radical (unpaired) electrons. The molecule has 1 heterocycles. The summed E-state index contributed by atoms with van der Waals surface area (Å²) in [5.74, 6) is -0.427. The van der Waals surface area contributed by atoms with Gasteiger partial charge in [-0.2, -0.15) is 0 Å². The lowest BCUT2D eigenvalue weighted by Crippen LogP contribution is -2.30. The molecule has 19 heavy (non-hydrogen) atoms. The maximum atomic E-state index is 12.2. The lowest BCUT2D eigenvalue weighted by atomic mass is 10.0. The number of rotatable bonds is 5. The maximum Gasteiger partial charge on any atom is 0.252 e. The van der Waals surface area contributed by atoms with E-state index < -0.39 is 0 Å². The summed E-state index contributed by atoms with van der Waals surface area (Å²) in [7, 11) is 0. The number of hydrogen-bond acceptors (Lipinski definition) is 4. The van der Waals surface area contributed by atoms with Crippen molar-refractivity contribution in [1.29, 1.82) is 0 Å². The van der Waals surface area contributed by atoms with Crippen molar-refractivity contribution < 1.29 is 9.59 Å². The van der Waals surface area contributed by atoms with E-state index in [0.29, 0.717) is 24.2 Å².